The van der Waals surface area contributed by atoms with Gasteiger partial charge in [0.25, 0.3) is 5.91 Å². The van der Waals surface area contributed by atoms with Crippen LogP contribution in [0.15, 0.2) is 54.6 Å². The maximum absolute atomic E-state index is 12.6. The number of methoxy groups -OCH3 is 1. The van der Waals surface area contributed by atoms with Gasteiger partial charge in [-0.15, -0.1) is 11.3 Å². The lowest BCUT2D eigenvalue weighted by Gasteiger charge is -2.12. The van der Waals surface area contributed by atoms with E-state index >= 15 is 0 Å². The van der Waals surface area contributed by atoms with Gasteiger partial charge in [0, 0.05) is 10.4 Å². The number of thiophene rings is 1. The molecule has 1 N–H and O–H groups in total. The van der Waals surface area contributed by atoms with Crippen LogP contribution in [0.3, 0.4) is 0 Å². The third kappa shape index (κ3) is 4.80. The first-order chi connectivity index (χ1) is 14.5. The molecule has 3 aromatic rings. The number of aryl methyl sites for hydroxylation is 1. The van der Waals surface area contributed by atoms with Crippen LogP contribution in [0.5, 0.6) is 11.5 Å². The van der Waals surface area contributed by atoms with E-state index in [1.54, 1.807) is 18.2 Å². The lowest BCUT2D eigenvalue weighted by atomic mass is 10.0. The van der Waals surface area contributed by atoms with Gasteiger partial charge in [-0.2, -0.15) is 0 Å². The zero-order valence-electron chi connectivity index (χ0n) is 17.1. The van der Waals surface area contributed by atoms with Gasteiger partial charge in [-0.25, -0.2) is 4.79 Å². The molecule has 0 aliphatic rings. The van der Waals surface area contributed by atoms with Crippen LogP contribution in [0, 0.1) is 6.92 Å². The first-order valence-electron chi connectivity index (χ1n) is 9.46. The van der Waals surface area contributed by atoms with Crippen molar-refractivity contribution in [3.05, 3.63) is 65.0 Å². The number of benzene rings is 2. The molecule has 0 fully saturated rings. The number of para-hydroxylation sites is 2. The fraction of sp³-hybridized carbons (Fsp3) is 0.217. The third-order valence-corrected chi connectivity index (χ3v) is 5.32. The van der Waals surface area contributed by atoms with Crippen molar-refractivity contribution in [3.63, 3.8) is 0 Å². The molecule has 30 heavy (non-hydrogen) atoms. The second kappa shape index (κ2) is 9.93. The molecule has 0 aliphatic carbocycles. The maximum Gasteiger partial charge on any atom is 0.341 e. The number of esters is 1. The first kappa shape index (κ1) is 21.4. The van der Waals surface area contributed by atoms with Crippen LogP contribution < -0.4 is 14.8 Å². The van der Waals surface area contributed by atoms with Gasteiger partial charge in [0.15, 0.2) is 18.1 Å². The minimum Gasteiger partial charge on any atom is -0.490 e. The Hall–Kier alpha value is -3.32. The van der Waals surface area contributed by atoms with Crippen LogP contribution in [0.1, 0.15) is 22.2 Å². The highest BCUT2D eigenvalue weighted by Gasteiger charge is 2.25. The van der Waals surface area contributed by atoms with Gasteiger partial charge in [0.05, 0.1) is 13.7 Å². The highest BCUT2D eigenvalue weighted by atomic mass is 32.1. The number of carbonyl (C=O) groups is 2. The van der Waals surface area contributed by atoms with E-state index in [2.05, 4.69) is 5.32 Å². The van der Waals surface area contributed by atoms with E-state index in [0.717, 1.165) is 16.0 Å². The van der Waals surface area contributed by atoms with Gasteiger partial charge in [0.1, 0.15) is 10.6 Å². The molecule has 0 unspecified atom stereocenters. The minimum atomic E-state index is -0.504. The molecule has 6 nitrogen and oxygen atoms in total. The lowest BCUT2D eigenvalue weighted by molar-refractivity contribution is -0.118. The lowest BCUT2D eigenvalue weighted by Crippen LogP contribution is -2.21. The number of hydrogen-bond acceptors (Lipinski definition) is 6. The highest BCUT2D eigenvalue weighted by Crippen LogP contribution is 2.40. The summed E-state index contributed by atoms with van der Waals surface area (Å²) < 4.78 is 16.1. The van der Waals surface area contributed by atoms with Crippen LogP contribution in [0.25, 0.3) is 11.1 Å². The normalized spacial score (nSPS) is 10.4. The summed E-state index contributed by atoms with van der Waals surface area (Å²) >= 11 is 1.33. The second-order valence-corrected chi connectivity index (χ2v) is 7.54. The van der Waals surface area contributed by atoms with Crippen molar-refractivity contribution in [2.45, 2.75) is 13.8 Å². The van der Waals surface area contributed by atoms with Gasteiger partial charge in [-0.05, 0) is 31.5 Å². The number of rotatable bonds is 8. The number of carbonyl (C=O) groups excluding carboxylic acids is 2. The Kier molecular flexibility index (Phi) is 7.08. The number of ether oxygens (including phenoxy) is 3. The zero-order chi connectivity index (χ0) is 21.5. The van der Waals surface area contributed by atoms with E-state index in [4.69, 9.17) is 14.2 Å². The minimum absolute atomic E-state index is 0.220. The summed E-state index contributed by atoms with van der Waals surface area (Å²) in [6, 6.07) is 16.7. The Morgan fingerprint density at radius 2 is 1.60 bits per heavy atom. The fourth-order valence-corrected chi connectivity index (χ4v) is 4.11. The Bertz CT molecular complexity index is 1030. The monoisotopic (exact) mass is 425 g/mol. The van der Waals surface area contributed by atoms with E-state index in [9.17, 15) is 9.59 Å². The maximum atomic E-state index is 12.6. The van der Waals surface area contributed by atoms with Crippen molar-refractivity contribution in [2.75, 3.05) is 25.6 Å². The standard InChI is InChI=1S/C23H23NO5S/c1-4-28-17-12-8-9-13-18(17)29-14-19(25)24-22-21(23(26)27-3)20(15(2)30-22)16-10-6-5-7-11-16/h5-13H,4,14H2,1-3H3,(H,24,25). The van der Waals surface area contributed by atoms with Crippen molar-refractivity contribution in [2.24, 2.45) is 0 Å². The molecule has 1 aromatic heterocycles. The Morgan fingerprint density at radius 1 is 0.967 bits per heavy atom. The SMILES string of the molecule is CCOc1ccccc1OCC(=O)Nc1sc(C)c(-c2ccccc2)c1C(=O)OC. The summed E-state index contributed by atoms with van der Waals surface area (Å²) in [5.74, 6) is 0.167. The van der Waals surface area contributed by atoms with Crippen molar-refractivity contribution in [1.29, 1.82) is 0 Å². The average molecular weight is 426 g/mol. The average Bonchev–Trinajstić information content (AvgIpc) is 3.08. The number of nitrogens with one attached hydrogen (secondary N) is 1. The zero-order valence-corrected chi connectivity index (χ0v) is 17.9. The summed E-state index contributed by atoms with van der Waals surface area (Å²) in [5, 5.41) is 3.23. The van der Waals surface area contributed by atoms with E-state index < -0.39 is 5.97 Å². The predicted octanol–water partition coefficient (Wildman–Crippen LogP) is 4.93. The predicted molar refractivity (Wildman–Crippen MR) is 118 cm³/mol. The highest BCUT2D eigenvalue weighted by molar-refractivity contribution is 7.17. The van der Waals surface area contributed by atoms with Gasteiger partial charge in [0.2, 0.25) is 0 Å². The quantitative estimate of drug-likeness (QED) is 0.518. The van der Waals surface area contributed by atoms with E-state index in [-0.39, 0.29) is 12.5 Å². The molecule has 1 heterocycles. The summed E-state index contributed by atoms with van der Waals surface area (Å²) in [7, 11) is 1.32. The van der Waals surface area contributed by atoms with Crippen molar-refractivity contribution < 1.29 is 23.8 Å². The molecular weight excluding hydrogens is 402 g/mol. The van der Waals surface area contributed by atoms with Gasteiger partial charge >= 0.3 is 5.97 Å². The van der Waals surface area contributed by atoms with E-state index in [0.29, 0.717) is 28.7 Å². The molecule has 0 aliphatic heterocycles. The fourth-order valence-electron chi connectivity index (χ4n) is 3.03. The Labute approximate surface area is 179 Å². The Morgan fingerprint density at radius 3 is 2.23 bits per heavy atom. The molecule has 7 heteroatoms. The molecule has 2 aromatic carbocycles. The molecule has 156 valence electrons. The molecule has 0 saturated heterocycles. The summed E-state index contributed by atoms with van der Waals surface area (Å²) in [4.78, 5) is 26.0. The number of amides is 1. The largest absolute Gasteiger partial charge is 0.490 e. The van der Waals surface area contributed by atoms with E-state index in [1.165, 1.54) is 18.4 Å². The number of hydrogen-bond donors (Lipinski definition) is 1. The summed E-state index contributed by atoms with van der Waals surface area (Å²) in [6.45, 7) is 4.05. The van der Waals surface area contributed by atoms with Crippen LogP contribution in [0.2, 0.25) is 0 Å². The van der Waals surface area contributed by atoms with Crippen LogP contribution in [-0.2, 0) is 9.53 Å². The topological polar surface area (TPSA) is 73.9 Å². The molecule has 0 bridgehead atoms. The van der Waals surface area contributed by atoms with Gasteiger partial charge in [-0.3, -0.25) is 4.79 Å². The molecular formula is C23H23NO5S. The summed E-state index contributed by atoms with van der Waals surface area (Å²) in [6.07, 6.45) is 0. The molecule has 0 radical (unpaired) electrons. The van der Waals surface area contributed by atoms with Crippen molar-refractivity contribution in [1.82, 2.24) is 0 Å². The van der Waals surface area contributed by atoms with Gasteiger partial charge in [-0.1, -0.05) is 42.5 Å². The summed E-state index contributed by atoms with van der Waals surface area (Å²) in [5.41, 5.74) is 1.98. The molecule has 0 spiro atoms. The Balaban J connectivity index is 1.81. The first-order valence-corrected chi connectivity index (χ1v) is 10.3. The van der Waals surface area contributed by atoms with Crippen molar-refractivity contribution >= 4 is 28.2 Å². The van der Waals surface area contributed by atoms with E-state index in [1.807, 2.05) is 50.2 Å². The smallest absolute Gasteiger partial charge is 0.341 e. The van der Waals surface area contributed by atoms with Crippen LogP contribution >= 0.6 is 11.3 Å². The third-order valence-electron chi connectivity index (χ3n) is 4.30. The second-order valence-electron chi connectivity index (χ2n) is 6.31. The van der Waals surface area contributed by atoms with Gasteiger partial charge < -0.3 is 19.5 Å². The van der Waals surface area contributed by atoms with Crippen molar-refractivity contribution in [3.8, 4) is 22.6 Å². The molecule has 1 amide bonds. The van der Waals surface area contributed by atoms with Crippen LogP contribution in [-0.4, -0.2) is 32.2 Å². The number of anilines is 1. The molecule has 3 rings (SSSR count). The van der Waals surface area contributed by atoms with Crippen LogP contribution in [0.4, 0.5) is 5.00 Å². The molecule has 0 atom stereocenters. The molecule has 0 saturated carbocycles.